The van der Waals surface area contributed by atoms with Crippen molar-refractivity contribution in [2.24, 2.45) is 0 Å². The summed E-state index contributed by atoms with van der Waals surface area (Å²) in [6.07, 6.45) is 2.44. The van der Waals surface area contributed by atoms with Crippen LogP contribution in [0, 0.1) is 0 Å². The van der Waals surface area contributed by atoms with E-state index in [1.54, 1.807) is 0 Å². The maximum atomic E-state index is 5.83. The summed E-state index contributed by atoms with van der Waals surface area (Å²) in [4.78, 5) is 2.18. The lowest BCUT2D eigenvalue weighted by Crippen LogP contribution is -2.39. The number of ether oxygens (including phenoxy) is 2. The molecule has 6 heteroatoms. The quantitative estimate of drug-likeness (QED) is 0.586. The Hall–Kier alpha value is -1.63. The summed E-state index contributed by atoms with van der Waals surface area (Å²) in [5, 5.41) is 4.06. The number of nitrogens with one attached hydrogen (secondary N) is 1. The van der Waals surface area contributed by atoms with Crippen LogP contribution in [0.3, 0.4) is 0 Å². The minimum Gasteiger partial charge on any atom is -0.494 e. The van der Waals surface area contributed by atoms with Crippen LogP contribution in [-0.2, 0) is 11.3 Å². The van der Waals surface area contributed by atoms with Crippen molar-refractivity contribution >= 4 is 38.9 Å². The average molecular weight is 449 g/mol. The first kappa shape index (κ1) is 20.1. The molecule has 4 nitrogen and oxygen atoms in total. The van der Waals surface area contributed by atoms with Gasteiger partial charge in [-0.15, -0.1) is 0 Å². The zero-order valence-electron chi connectivity index (χ0n) is 15.5. The van der Waals surface area contributed by atoms with Crippen molar-refractivity contribution in [3.05, 3.63) is 58.6 Å². The highest BCUT2D eigenvalue weighted by molar-refractivity contribution is 9.10. The van der Waals surface area contributed by atoms with Crippen LogP contribution in [0.15, 0.2) is 53.0 Å². The van der Waals surface area contributed by atoms with E-state index in [-0.39, 0.29) is 6.10 Å². The van der Waals surface area contributed by atoms with E-state index in [0.717, 1.165) is 48.4 Å². The van der Waals surface area contributed by atoms with Gasteiger partial charge in [0.05, 0.1) is 12.7 Å². The van der Waals surface area contributed by atoms with Crippen molar-refractivity contribution in [2.45, 2.75) is 32.4 Å². The molecule has 0 spiro atoms. The van der Waals surface area contributed by atoms with Crippen LogP contribution in [0.2, 0.25) is 0 Å². The van der Waals surface area contributed by atoms with Gasteiger partial charge in [-0.2, -0.15) is 0 Å². The molecule has 1 N–H and O–H groups in total. The summed E-state index contributed by atoms with van der Waals surface area (Å²) in [5.41, 5.74) is 2.17. The number of rotatable bonds is 7. The maximum Gasteiger partial charge on any atom is 0.173 e. The summed E-state index contributed by atoms with van der Waals surface area (Å²) in [5.74, 6) is 0.891. The lowest BCUT2D eigenvalue weighted by Gasteiger charge is -2.28. The highest BCUT2D eigenvalue weighted by atomic mass is 79.9. The molecule has 1 fully saturated rings. The molecule has 0 bridgehead atoms. The zero-order chi connectivity index (χ0) is 19.1. The smallest absolute Gasteiger partial charge is 0.173 e. The number of anilines is 1. The highest BCUT2D eigenvalue weighted by Crippen LogP contribution is 2.19. The van der Waals surface area contributed by atoms with Gasteiger partial charge in [0, 0.05) is 29.9 Å². The fourth-order valence-electron chi connectivity index (χ4n) is 3.07. The Kier molecular flexibility index (Phi) is 7.50. The first-order valence-corrected chi connectivity index (χ1v) is 10.5. The van der Waals surface area contributed by atoms with Gasteiger partial charge in [0.15, 0.2) is 5.11 Å². The average Bonchev–Trinajstić information content (AvgIpc) is 3.18. The molecular weight excluding hydrogens is 424 g/mol. The molecule has 0 aliphatic carbocycles. The third-order valence-electron chi connectivity index (χ3n) is 4.44. The molecule has 0 saturated carbocycles. The number of thiocarbonyl (C=S) groups is 1. The van der Waals surface area contributed by atoms with Crippen molar-refractivity contribution in [3.8, 4) is 5.75 Å². The number of nitrogens with zero attached hydrogens (tertiary/aromatic N) is 1. The molecule has 1 aliphatic heterocycles. The summed E-state index contributed by atoms with van der Waals surface area (Å²) in [6.45, 7) is 5.02. The Balaban J connectivity index is 1.68. The van der Waals surface area contributed by atoms with Gasteiger partial charge in [-0.25, -0.2) is 0 Å². The monoisotopic (exact) mass is 448 g/mol. The second-order valence-electron chi connectivity index (χ2n) is 6.53. The summed E-state index contributed by atoms with van der Waals surface area (Å²) in [7, 11) is 0. The zero-order valence-corrected chi connectivity index (χ0v) is 17.9. The van der Waals surface area contributed by atoms with Crippen LogP contribution in [0.5, 0.6) is 5.75 Å². The fraction of sp³-hybridized carbons (Fsp3) is 0.381. The molecular formula is C21H25BrN2O2S. The Morgan fingerprint density at radius 2 is 1.96 bits per heavy atom. The second kappa shape index (κ2) is 10.1. The molecule has 27 heavy (non-hydrogen) atoms. The number of hydrogen-bond donors (Lipinski definition) is 1. The molecule has 1 saturated heterocycles. The van der Waals surface area contributed by atoms with Crippen molar-refractivity contribution in [1.82, 2.24) is 4.90 Å². The molecule has 0 radical (unpaired) electrons. The first-order valence-electron chi connectivity index (χ1n) is 9.29. The lowest BCUT2D eigenvalue weighted by atomic mass is 10.2. The summed E-state index contributed by atoms with van der Waals surface area (Å²) < 4.78 is 12.4. The molecule has 1 heterocycles. The minimum absolute atomic E-state index is 0.234. The second-order valence-corrected chi connectivity index (χ2v) is 7.83. The van der Waals surface area contributed by atoms with E-state index in [1.165, 1.54) is 5.56 Å². The highest BCUT2D eigenvalue weighted by Gasteiger charge is 2.21. The largest absolute Gasteiger partial charge is 0.494 e. The Morgan fingerprint density at radius 3 is 2.59 bits per heavy atom. The number of hydrogen-bond acceptors (Lipinski definition) is 3. The minimum atomic E-state index is 0.234. The van der Waals surface area contributed by atoms with E-state index in [0.29, 0.717) is 11.7 Å². The molecule has 144 valence electrons. The first-order chi connectivity index (χ1) is 13.1. The molecule has 3 rings (SSSR count). The van der Waals surface area contributed by atoms with E-state index >= 15 is 0 Å². The SMILES string of the molecule is CCOc1ccc(CN(CC2CCCO2)C(=S)Nc2ccc(Br)cc2)cc1. The molecule has 2 aromatic carbocycles. The number of halogens is 1. The van der Waals surface area contributed by atoms with Crippen LogP contribution in [0.1, 0.15) is 25.3 Å². The Morgan fingerprint density at radius 1 is 1.22 bits per heavy atom. The van der Waals surface area contributed by atoms with Crippen molar-refractivity contribution in [3.63, 3.8) is 0 Å². The third kappa shape index (κ3) is 6.19. The molecule has 1 aliphatic rings. The standard InChI is InChI=1S/C21H25BrN2O2S/c1-2-25-19-11-5-16(6-12-19)14-24(15-20-4-3-13-26-20)21(27)23-18-9-7-17(22)8-10-18/h5-12,20H,2-4,13-15H2,1H3,(H,23,27). The molecule has 2 aromatic rings. The summed E-state index contributed by atoms with van der Waals surface area (Å²) in [6, 6.07) is 16.2. The van der Waals surface area contributed by atoms with Crippen LogP contribution in [-0.4, -0.2) is 35.9 Å². The number of benzene rings is 2. The van der Waals surface area contributed by atoms with Crippen molar-refractivity contribution in [1.29, 1.82) is 0 Å². The van der Waals surface area contributed by atoms with Gasteiger partial charge in [0.1, 0.15) is 5.75 Å². The van der Waals surface area contributed by atoms with E-state index in [4.69, 9.17) is 21.7 Å². The van der Waals surface area contributed by atoms with Crippen LogP contribution in [0.25, 0.3) is 0 Å². The van der Waals surface area contributed by atoms with Gasteiger partial charge in [-0.3, -0.25) is 0 Å². The van der Waals surface area contributed by atoms with Gasteiger partial charge < -0.3 is 19.7 Å². The molecule has 0 amide bonds. The Bertz CT molecular complexity index is 731. The van der Waals surface area contributed by atoms with Crippen LogP contribution in [0.4, 0.5) is 5.69 Å². The van der Waals surface area contributed by atoms with Crippen molar-refractivity contribution in [2.75, 3.05) is 25.1 Å². The van der Waals surface area contributed by atoms with E-state index < -0.39 is 0 Å². The maximum absolute atomic E-state index is 5.83. The predicted molar refractivity (Wildman–Crippen MR) is 117 cm³/mol. The van der Waals surface area contributed by atoms with E-state index in [2.05, 4.69) is 38.3 Å². The molecule has 1 unspecified atom stereocenters. The molecule has 1 atom stereocenters. The van der Waals surface area contributed by atoms with E-state index in [9.17, 15) is 0 Å². The summed E-state index contributed by atoms with van der Waals surface area (Å²) >= 11 is 9.18. The van der Waals surface area contributed by atoms with Gasteiger partial charge in [0.2, 0.25) is 0 Å². The lowest BCUT2D eigenvalue weighted by molar-refractivity contribution is 0.0905. The van der Waals surface area contributed by atoms with Crippen molar-refractivity contribution < 1.29 is 9.47 Å². The fourth-order valence-corrected chi connectivity index (χ4v) is 3.59. The van der Waals surface area contributed by atoms with Crippen LogP contribution < -0.4 is 10.1 Å². The Labute approximate surface area is 175 Å². The van der Waals surface area contributed by atoms with Gasteiger partial charge in [-0.1, -0.05) is 28.1 Å². The predicted octanol–water partition coefficient (Wildman–Crippen LogP) is 5.23. The molecule has 0 aromatic heterocycles. The topological polar surface area (TPSA) is 33.7 Å². The van der Waals surface area contributed by atoms with Gasteiger partial charge in [0.25, 0.3) is 0 Å². The van der Waals surface area contributed by atoms with Crippen LogP contribution >= 0.6 is 28.1 Å². The van der Waals surface area contributed by atoms with Gasteiger partial charge in [-0.05, 0) is 73.9 Å². The van der Waals surface area contributed by atoms with E-state index in [1.807, 2.05) is 43.3 Å². The van der Waals surface area contributed by atoms with Gasteiger partial charge >= 0.3 is 0 Å². The normalized spacial score (nSPS) is 16.1. The third-order valence-corrected chi connectivity index (χ3v) is 5.33.